The number of rotatable bonds is 8. The van der Waals surface area contributed by atoms with E-state index >= 15 is 0 Å². The summed E-state index contributed by atoms with van der Waals surface area (Å²) in [4.78, 5) is 11.9. The summed E-state index contributed by atoms with van der Waals surface area (Å²) in [6, 6.07) is 12.4. The van der Waals surface area contributed by atoms with Crippen molar-refractivity contribution in [3.05, 3.63) is 53.6 Å². The summed E-state index contributed by atoms with van der Waals surface area (Å²) in [5, 5.41) is 9.45. The average molecular weight is 344 g/mol. The molecule has 2 aromatic carbocycles. The van der Waals surface area contributed by atoms with Gasteiger partial charge >= 0.3 is 5.97 Å². The first-order valence-corrected chi connectivity index (χ1v) is 8.19. The summed E-state index contributed by atoms with van der Waals surface area (Å²) >= 11 is 0. The molecule has 0 unspecified atom stereocenters. The highest BCUT2D eigenvalue weighted by Crippen LogP contribution is 2.25. The molecule has 0 radical (unpaired) electrons. The highest BCUT2D eigenvalue weighted by Gasteiger charge is 2.12. The smallest absolute Gasteiger partial charge is 0.344 e. The zero-order chi connectivity index (χ0) is 18.2. The lowest BCUT2D eigenvalue weighted by Crippen LogP contribution is -2.19. The minimum atomic E-state index is -0.416. The van der Waals surface area contributed by atoms with E-state index in [9.17, 15) is 9.90 Å². The molecule has 0 aliphatic rings. The van der Waals surface area contributed by atoms with E-state index in [1.54, 1.807) is 31.4 Å². The lowest BCUT2D eigenvalue weighted by atomic mass is 9.98. The second-order valence-electron chi connectivity index (χ2n) is 6.04. The van der Waals surface area contributed by atoms with Crippen LogP contribution in [0.5, 0.6) is 17.2 Å². The van der Waals surface area contributed by atoms with Crippen LogP contribution in [0.1, 0.15) is 18.1 Å². The quantitative estimate of drug-likeness (QED) is 0.743. The molecule has 0 aliphatic carbocycles. The van der Waals surface area contributed by atoms with Gasteiger partial charge in [-0.25, -0.2) is 4.79 Å². The number of esters is 1. The molecule has 5 heteroatoms. The molecule has 25 heavy (non-hydrogen) atoms. The Hall–Kier alpha value is -2.69. The molecule has 0 saturated carbocycles. The highest BCUT2D eigenvalue weighted by molar-refractivity contribution is 5.71. The van der Waals surface area contributed by atoms with Crippen LogP contribution < -0.4 is 9.47 Å². The van der Waals surface area contributed by atoms with E-state index in [4.69, 9.17) is 14.2 Å². The van der Waals surface area contributed by atoms with Crippen LogP contribution >= 0.6 is 0 Å². The van der Waals surface area contributed by atoms with Crippen LogP contribution in [0.25, 0.3) is 0 Å². The zero-order valence-electron chi connectivity index (χ0n) is 14.8. The Morgan fingerprint density at radius 1 is 1.16 bits per heavy atom. The first kappa shape index (κ1) is 18.6. The number of carbonyl (C=O) groups excluding carboxylic acids is 1. The molecule has 0 heterocycles. The van der Waals surface area contributed by atoms with Crippen molar-refractivity contribution in [1.82, 2.24) is 0 Å². The molecule has 0 saturated heterocycles. The van der Waals surface area contributed by atoms with Crippen LogP contribution in [0.3, 0.4) is 0 Å². The Morgan fingerprint density at radius 3 is 2.56 bits per heavy atom. The molecule has 0 fully saturated rings. The van der Waals surface area contributed by atoms with Crippen LogP contribution in [0, 0.1) is 12.8 Å². The number of para-hydroxylation sites is 2. The van der Waals surface area contributed by atoms with Crippen molar-refractivity contribution in [3.8, 4) is 17.2 Å². The van der Waals surface area contributed by atoms with E-state index in [0.717, 1.165) is 17.5 Å². The molecule has 0 spiro atoms. The van der Waals surface area contributed by atoms with E-state index in [1.807, 2.05) is 32.0 Å². The minimum Gasteiger partial charge on any atom is -0.508 e. The van der Waals surface area contributed by atoms with Gasteiger partial charge in [0, 0.05) is 0 Å². The number of methoxy groups -OCH3 is 1. The zero-order valence-corrected chi connectivity index (χ0v) is 14.8. The Bertz CT molecular complexity index is 711. The molecule has 2 rings (SSSR count). The first-order chi connectivity index (χ1) is 12.0. The lowest BCUT2D eigenvalue weighted by Gasteiger charge is -2.14. The van der Waals surface area contributed by atoms with Gasteiger partial charge in [0.05, 0.1) is 13.7 Å². The van der Waals surface area contributed by atoms with E-state index in [0.29, 0.717) is 18.1 Å². The van der Waals surface area contributed by atoms with E-state index < -0.39 is 5.97 Å². The van der Waals surface area contributed by atoms with Gasteiger partial charge in [0.25, 0.3) is 0 Å². The number of hydrogen-bond acceptors (Lipinski definition) is 5. The fourth-order valence-corrected chi connectivity index (χ4v) is 2.50. The van der Waals surface area contributed by atoms with Gasteiger partial charge in [0.2, 0.25) is 0 Å². The number of aromatic hydroxyl groups is 1. The second kappa shape index (κ2) is 8.97. The molecule has 0 amide bonds. The fourth-order valence-electron chi connectivity index (χ4n) is 2.50. The fraction of sp³-hybridized carbons (Fsp3) is 0.350. The molecule has 0 bridgehead atoms. The van der Waals surface area contributed by atoms with Gasteiger partial charge in [0.15, 0.2) is 18.1 Å². The standard InChI is InChI=1S/C20H24O5/c1-14(10-16-8-9-17(21)11-15(16)2)12-25-20(22)13-24-19-7-5-4-6-18(19)23-3/h4-9,11,14,21H,10,12-13H2,1-3H3/t14-/m1/s1. The molecule has 0 aromatic heterocycles. The van der Waals surface area contributed by atoms with Gasteiger partial charge in [-0.05, 0) is 54.7 Å². The van der Waals surface area contributed by atoms with Crippen LogP contribution in [-0.2, 0) is 16.0 Å². The van der Waals surface area contributed by atoms with Crippen LogP contribution in [0.15, 0.2) is 42.5 Å². The first-order valence-electron chi connectivity index (χ1n) is 8.19. The monoisotopic (exact) mass is 344 g/mol. The number of carbonyl (C=O) groups is 1. The predicted molar refractivity (Wildman–Crippen MR) is 95.2 cm³/mol. The Morgan fingerprint density at radius 2 is 1.88 bits per heavy atom. The van der Waals surface area contributed by atoms with Crippen molar-refractivity contribution in [2.75, 3.05) is 20.3 Å². The third-order valence-corrected chi connectivity index (χ3v) is 3.84. The summed E-state index contributed by atoms with van der Waals surface area (Å²) in [6.45, 7) is 4.12. The summed E-state index contributed by atoms with van der Waals surface area (Å²) in [5.74, 6) is 1.09. The van der Waals surface area contributed by atoms with Crippen LogP contribution in [-0.4, -0.2) is 31.4 Å². The Labute approximate surface area is 148 Å². The molecule has 1 atom stereocenters. The maximum Gasteiger partial charge on any atom is 0.344 e. The maximum absolute atomic E-state index is 11.9. The Kier molecular flexibility index (Phi) is 6.69. The number of phenols is 1. The lowest BCUT2D eigenvalue weighted by molar-refractivity contribution is -0.147. The normalized spacial score (nSPS) is 11.6. The number of benzene rings is 2. The van der Waals surface area contributed by atoms with Gasteiger partial charge in [0.1, 0.15) is 5.75 Å². The third kappa shape index (κ3) is 5.71. The summed E-state index contributed by atoms with van der Waals surface area (Å²) in [6.07, 6.45) is 0.771. The van der Waals surface area contributed by atoms with Gasteiger partial charge in [-0.1, -0.05) is 25.1 Å². The number of hydrogen-bond donors (Lipinski definition) is 1. The van der Waals surface area contributed by atoms with E-state index in [2.05, 4.69) is 0 Å². The van der Waals surface area contributed by atoms with Crippen molar-refractivity contribution in [2.24, 2.45) is 5.92 Å². The SMILES string of the molecule is COc1ccccc1OCC(=O)OC[C@H](C)Cc1ccc(O)cc1C. The molecule has 2 aromatic rings. The van der Waals surface area contributed by atoms with Crippen molar-refractivity contribution in [2.45, 2.75) is 20.3 Å². The van der Waals surface area contributed by atoms with E-state index in [1.165, 1.54) is 0 Å². The van der Waals surface area contributed by atoms with Crippen molar-refractivity contribution >= 4 is 5.97 Å². The van der Waals surface area contributed by atoms with Gasteiger partial charge in [-0.15, -0.1) is 0 Å². The summed E-state index contributed by atoms with van der Waals surface area (Å²) < 4.78 is 15.9. The minimum absolute atomic E-state index is 0.161. The topological polar surface area (TPSA) is 65.0 Å². The summed E-state index contributed by atoms with van der Waals surface area (Å²) in [5.41, 5.74) is 2.16. The van der Waals surface area contributed by atoms with Crippen LogP contribution in [0.4, 0.5) is 0 Å². The third-order valence-electron chi connectivity index (χ3n) is 3.84. The highest BCUT2D eigenvalue weighted by atomic mass is 16.6. The molecular weight excluding hydrogens is 320 g/mol. The van der Waals surface area contributed by atoms with Crippen molar-refractivity contribution < 1.29 is 24.1 Å². The molecule has 1 N–H and O–H groups in total. The van der Waals surface area contributed by atoms with Crippen molar-refractivity contribution in [3.63, 3.8) is 0 Å². The number of aryl methyl sites for hydroxylation is 1. The number of phenolic OH excluding ortho intramolecular Hbond substituents is 1. The molecular formula is C20H24O5. The Balaban J connectivity index is 1.77. The van der Waals surface area contributed by atoms with Gasteiger partial charge in [-0.3, -0.25) is 0 Å². The molecule has 0 aliphatic heterocycles. The maximum atomic E-state index is 11.9. The largest absolute Gasteiger partial charge is 0.508 e. The molecule has 134 valence electrons. The summed E-state index contributed by atoms with van der Waals surface area (Å²) in [7, 11) is 1.55. The van der Waals surface area contributed by atoms with Crippen LogP contribution in [0.2, 0.25) is 0 Å². The predicted octanol–water partition coefficient (Wildman–Crippen LogP) is 3.51. The second-order valence-corrected chi connectivity index (χ2v) is 6.04. The van der Waals surface area contributed by atoms with Crippen molar-refractivity contribution in [1.29, 1.82) is 0 Å². The van der Waals surface area contributed by atoms with E-state index in [-0.39, 0.29) is 18.3 Å². The number of ether oxygens (including phenoxy) is 3. The van der Waals surface area contributed by atoms with Gasteiger partial charge < -0.3 is 19.3 Å². The molecule has 5 nitrogen and oxygen atoms in total. The average Bonchev–Trinajstić information content (AvgIpc) is 2.60. The van der Waals surface area contributed by atoms with Gasteiger partial charge in [-0.2, -0.15) is 0 Å².